The topological polar surface area (TPSA) is 69.0 Å². The molecule has 0 bridgehead atoms. The first kappa shape index (κ1) is 17.7. The Morgan fingerprint density at radius 1 is 1.33 bits per heavy atom. The van der Waals surface area contributed by atoms with Crippen molar-refractivity contribution < 1.29 is 22.7 Å². The van der Waals surface area contributed by atoms with Gasteiger partial charge in [0.05, 0.1) is 5.70 Å². The van der Waals surface area contributed by atoms with Crippen molar-refractivity contribution in [1.82, 2.24) is 14.5 Å². The number of aromatic nitrogens is 3. The van der Waals surface area contributed by atoms with E-state index in [1.807, 2.05) is 0 Å². The quantitative estimate of drug-likeness (QED) is 0.863. The van der Waals surface area contributed by atoms with Crippen LogP contribution in [0.25, 0.3) is 16.9 Å². The molecule has 0 saturated carbocycles. The lowest BCUT2D eigenvalue weighted by Crippen LogP contribution is -2.17. The van der Waals surface area contributed by atoms with Crippen molar-refractivity contribution in [2.45, 2.75) is 25.4 Å². The molecule has 0 spiro atoms. The van der Waals surface area contributed by atoms with Gasteiger partial charge in [-0.05, 0) is 43.0 Å². The number of hydrogen-bond acceptors (Lipinski definition) is 4. The second kappa shape index (κ2) is 6.80. The van der Waals surface area contributed by atoms with Crippen LogP contribution in [0.3, 0.4) is 0 Å². The minimum atomic E-state index is -4.56. The molecule has 0 aromatic carbocycles. The Labute approximate surface area is 152 Å². The van der Waals surface area contributed by atoms with Gasteiger partial charge in [-0.15, -0.1) is 0 Å². The molecule has 1 fully saturated rings. The van der Waals surface area contributed by atoms with Crippen LogP contribution < -0.4 is 5.32 Å². The summed E-state index contributed by atoms with van der Waals surface area (Å²) in [5.41, 5.74) is -0.0495. The lowest BCUT2D eigenvalue weighted by atomic mass is 10.0. The zero-order valence-electron chi connectivity index (χ0n) is 14.3. The molecule has 1 unspecified atom stereocenters. The maximum atomic E-state index is 13.0. The minimum Gasteiger partial charge on any atom is -0.381 e. The molecule has 1 amide bonds. The summed E-state index contributed by atoms with van der Waals surface area (Å²) in [7, 11) is 0. The second-order valence-corrected chi connectivity index (χ2v) is 6.57. The molecular formula is C18H17F3N4O2. The lowest BCUT2D eigenvalue weighted by molar-refractivity contribution is -0.141. The van der Waals surface area contributed by atoms with Gasteiger partial charge in [-0.3, -0.25) is 14.7 Å². The van der Waals surface area contributed by atoms with Crippen molar-refractivity contribution in [2.75, 3.05) is 18.5 Å². The molecule has 1 aliphatic carbocycles. The molecule has 3 heterocycles. The Morgan fingerprint density at radius 2 is 2.15 bits per heavy atom. The maximum Gasteiger partial charge on any atom is 0.433 e. The van der Waals surface area contributed by atoms with Gasteiger partial charge in [0.25, 0.3) is 0 Å². The fourth-order valence-electron chi connectivity index (χ4n) is 3.11. The van der Waals surface area contributed by atoms with Crippen molar-refractivity contribution >= 4 is 28.7 Å². The largest absolute Gasteiger partial charge is 0.433 e. The normalized spacial score (nSPS) is 19.2. The number of anilines is 1. The van der Waals surface area contributed by atoms with E-state index >= 15 is 0 Å². The summed E-state index contributed by atoms with van der Waals surface area (Å²) < 4.78 is 45.8. The summed E-state index contributed by atoms with van der Waals surface area (Å²) in [6, 6.07) is 2.15. The number of imidazole rings is 1. The van der Waals surface area contributed by atoms with Crippen LogP contribution >= 0.6 is 0 Å². The van der Waals surface area contributed by atoms with Crippen molar-refractivity contribution in [2.24, 2.45) is 5.92 Å². The van der Waals surface area contributed by atoms with Crippen LogP contribution in [0.4, 0.5) is 19.1 Å². The van der Waals surface area contributed by atoms with E-state index in [-0.39, 0.29) is 23.0 Å². The number of nitrogens with zero attached hydrogens (tertiary/aromatic N) is 3. The highest BCUT2D eigenvalue weighted by molar-refractivity contribution is 5.93. The van der Waals surface area contributed by atoms with Gasteiger partial charge in [0.15, 0.2) is 5.65 Å². The van der Waals surface area contributed by atoms with Gasteiger partial charge in [0.1, 0.15) is 11.2 Å². The first-order valence-electron chi connectivity index (χ1n) is 8.65. The molecule has 6 nitrogen and oxygen atoms in total. The first-order chi connectivity index (χ1) is 12.9. The van der Waals surface area contributed by atoms with Gasteiger partial charge in [-0.25, -0.2) is 9.97 Å². The van der Waals surface area contributed by atoms with E-state index in [2.05, 4.69) is 15.3 Å². The highest BCUT2D eigenvalue weighted by Gasteiger charge is 2.33. The summed E-state index contributed by atoms with van der Waals surface area (Å²) in [5, 5.41) is 2.71. The number of carbonyl (C=O) groups excluding carboxylic acids is 1. The van der Waals surface area contributed by atoms with Crippen LogP contribution in [0, 0.1) is 5.92 Å². The summed E-state index contributed by atoms with van der Waals surface area (Å²) in [5.74, 6) is 0.293. The number of nitrogens with one attached hydrogen (secondary N) is 1. The number of halogens is 3. The van der Waals surface area contributed by atoms with Crippen molar-refractivity contribution in [3.05, 3.63) is 36.1 Å². The summed E-state index contributed by atoms with van der Waals surface area (Å²) in [6.45, 7) is 1.38. The predicted molar refractivity (Wildman–Crippen MR) is 92.7 cm³/mol. The van der Waals surface area contributed by atoms with Gasteiger partial charge < -0.3 is 4.74 Å². The van der Waals surface area contributed by atoms with Gasteiger partial charge >= 0.3 is 6.18 Å². The average Bonchev–Trinajstić information content (AvgIpc) is 3.19. The Bertz CT molecular complexity index is 940. The first-order valence-corrected chi connectivity index (χ1v) is 8.65. The Morgan fingerprint density at radius 3 is 2.78 bits per heavy atom. The van der Waals surface area contributed by atoms with E-state index in [1.165, 1.54) is 10.6 Å². The third-order valence-electron chi connectivity index (χ3n) is 4.64. The van der Waals surface area contributed by atoms with Crippen LogP contribution in [0.15, 0.2) is 30.4 Å². The molecule has 2 aromatic heterocycles. The van der Waals surface area contributed by atoms with E-state index in [4.69, 9.17) is 4.74 Å². The molecule has 1 aliphatic heterocycles. The molecule has 2 aliphatic rings. The van der Waals surface area contributed by atoms with Crippen molar-refractivity contribution in [1.29, 1.82) is 0 Å². The van der Waals surface area contributed by atoms with Gasteiger partial charge in [-0.2, -0.15) is 13.2 Å². The summed E-state index contributed by atoms with van der Waals surface area (Å²) in [6.07, 6.45) is 2.57. The second-order valence-electron chi connectivity index (χ2n) is 6.57. The summed E-state index contributed by atoms with van der Waals surface area (Å²) in [4.78, 5) is 20.3. The molecular weight excluding hydrogens is 361 g/mol. The van der Waals surface area contributed by atoms with E-state index < -0.39 is 11.9 Å². The standard InChI is InChI=1S/C18H17F3N4O2/c19-18(20,21)14-6-5-13-16(23-14)25(12-2-1-3-12)17(22-13)24-15(26)7-4-11-8-9-27-10-11/h1-3,5-6,11H,4,7-10H2,(H,22,24,26). The maximum absolute atomic E-state index is 13.0. The van der Waals surface area contributed by atoms with Gasteiger partial charge in [0, 0.05) is 19.6 Å². The fraction of sp³-hybridized carbons (Fsp3) is 0.389. The van der Waals surface area contributed by atoms with E-state index in [1.54, 1.807) is 18.2 Å². The fourth-order valence-corrected chi connectivity index (χ4v) is 3.11. The number of rotatable bonds is 5. The summed E-state index contributed by atoms with van der Waals surface area (Å²) >= 11 is 0. The zero-order valence-corrected chi connectivity index (χ0v) is 14.3. The minimum absolute atomic E-state index is 0.0555. The number of allylic oxidation sites excluding steroid dienone is 4. The van der Waals surface area contributed by atoms with Gasteiger partial charge in [-0.1, -0.05) is 6.08 Å². The molecule has 1 N–H and O–H groups in total. The van der Waals surface area contributed by atoms with Crippen LogP contribution in [0.5, 0.6) is 0 Å². The van der Waals surface area contributed by atoms with E-state index in [0.717, 1.165) is 19.1 Å². The monoisotopic (exact) mass is 378 g/mol. The Balaban J connectivity index is 1.60. The highest BCUT2D eigenvalue weighted by Crippen LogP contribution is 2.32. The van der Waals surface area contributed by atoms with Crippen LogP contribution in [-0.2, 0) is 15.7 Å². The van der Waals surface area contributed by atoms with Crippen LogP contribution in [0.1, 0.15) is 25.0 Å². The molecule has 9 heteroatoms. The molecule has 1 saturated heterocycles. The van der Waals surface area contributed by atoms with Crippen molar-refractivity contribution in [3.63, 3.8) is 0 Å². The third-order valence-corrected chi connectivity index (χ3v) is 4.64. The Hall–Kier alpha value is -2.68. The molecule has 0 radical (unpaired) electrons. The number of hydrogen-bond donors (Lipinski definition) is 1. The number of amides is 1. The van der Waals surface area contributed by atoms with Crippen LogP contribution in [0.2, 0.25) is 0 Å². The Kier molecular flexibility index (Phi) is 4.47. The number of carbonyl (C=O) groups is 1. The lowest BCUT2D eigenvalue weighted by Gasteiger charge is -2.14. The molecule has 4 rings (SSSR count). The predicted octanol–water partition coefficient (Wildman–Crippen LogP) is 3.62. The smallest absolute Gasteiger partial charge is 0.381 e. The SMILES string of the molecule is O=C(CCC1CCOC1)Nc1nc2ccc(C(F)(F)F)nc2n1C1=CC=C1. The van der Waals surface area contributed by atoms with E-state index in [9.17, 15) is 18.0 Å². The molecule has 1 atom stereocenters. The number of alkyl halides is 3. The number of ether oxygens (including phenoxy) is 1. The zero-order chi connectivity index (χ0) is 19.0. The highest BCUT2D eigenvalue weighted by atomic mass is 19.4. The average molecular weight is 378 g/mol. The molecule has 2 aromatic rings. The van der Waals surface area contributed by atoms with Gasteiger partial charge in [0.2, 0.25) is 11.9 Å². The number of fused-ring (bicyclic) bond motifs is 1. The molecule has 142 valence electrons. The van der Waals surface area contributed by atoms with Crippen molar-refractivity contribution in [3.8, 4) is 0 Å². The van der Waals surface area contributed by atoms with E-state index in [0.29, 0.717) is 31.1 Å². The molecule has 27 heavy (non-hydrogen) atoms. The third kappa shape index (κ3) is 3.59. The van der Waals surface area contributed by atoms with Crippen LogP contribution in [-0.4, -0.2) is 33.7 Å². The number of pyridine rings is 1.